The fraction of sp³-hybridized carbons (Fsp3) is 0.514. The Morgan fingerprint density at radius 2 is 1.94 bits per heavy atom. The maximum atomic E-state index is 14.3. The van der Waals surface area contributed by atoms with Crippen LogP contribution in [0, 0.1) is 11.8 Å². The molecule has 0 radical (unpaired) electrons. The predicted molar refractivity (Wildman–Crippen MR) is 179 cm³/mol. The fourth-order valence-corrected chi connectivity index (χ4v) is 8.36. The summed E-state index contributed by atoms with van der Waals surface area (Å²) in [6.07, 6.45) is 10.6. The second-order valence-corrected chi connectivity index (χ2v) is 15.7. The number of amides is 4. The zero-order chi connectivity index (χ0) is 34.3. The molecule has 7 rings (SSSR count). The Labute approximate surface area is 284 Å². The third-order valence-electron chi connectivity index (χ3n) is 10.3. The molecule has 49 heavy (non-hydrogen) atoms. The van der Waals surface area contributed by atoms with Gasteiger partial charge in [-0.1, -0.05) is 36.8 Å². The van der Waals surface area contributed by atoms with Crippen LogP contribution in [0.4, 0.5) is 4.79 Å². The lowest BCUT2D eigenvalue weighted by Crippen LogP contribution is -2.59. The predicted octanol–water partition coefficient (Wildman–Crippen LogP) is 2.95. The zero-order valence-electron chi connectivity index (χ0n) is 27.1. The highest BCUT2D eigenvalue weighted by Crippen LogP contribution is 2.45. The molecule has 3 heterocycles. The molecule has 3 saturated carbocycles. The molecule has 1 saturated heterocycles. The van der Waals surface area contributed by atoms with Crippen LogP contribution in [0.3, 0.4) is 0 Å². The first-order valence-corrected chi connectivity index (χ1v) is 18.6. The summed E-state index contributed by atoms with van der Waals surface area (Å²) in [5, 5.41) is 6.65. The van der Waals surface area contributed by atoms with Gasteiger partial charge in [0.1, 0.15) is 23.7 Å². The smallest absolute Gasteiger partial charge is 0.407 e. The van der Waals surface area contributed by atoms with E-state index in [4.69, 9.17) is 9.47 Å². The molecule has 260 valence electrons. The van der Waals surface area contributed by atoms with E-state index in [-0.39, 0.29) is 31.9 Å². The van der Waals surface area contributed by atoms with Crippen LogP contribution in [0.2, 0.25) is 0 Å². The van der Waals surface area contributed by atoms with E-state index in [1.54, 1.807) is 6.20 Å². The number of hydrogen-bond donors (Lipinski definition) is 3. The molecule has 3 aliphatic carbocycles. The summed E-state index contributed by atoms with van der Waals surface area (Å²) in [4.78, 5) is 60.7. The minimum absolute atomic E-state index is 0.0225. The molecule has 4 bridgehead atoms. The molecule has 4 fully saturated rings. The van der Waals surface area contributed by atoms with Crippen LogP contribution in [0.5, 0.6) is 5.88 Å². The number of allylic oxidation sites excluding steroid dienone is 1. The van der Waals surface area contributed by atoms with Gasteiger partial charge in [-0.15, -0.1) is 6.58 Å². The lowest BCUT2D eigenvalue weighted by molar-refractivity contribution is -0.142. The molecule has 4 amide bonds. The molecule has 5 atom stereocenters. The van der Waals surface area contributed by atoms with Crippen molar-refractivity contribution < 1.29 is 37.1 Å². The fourth-order valence-electron chi connectivity index (χ4n) is 7.00. The lowest BCUT2D eigenvalue weighted by Gasteiger charge is -2.36. The Morgan fingerprint density at radius 1 is 1.12 bits per heavy atom. The Kier molecular flexibility index (Phi) is 8.84. The van der Waals surface area contributed by atoms with Crippen LogP contribution in [-0.2, 0) is 29.1 Å². The average molecular weight is 692 g/mol. The Morgan fingerprint density at radius 3 is 2.65 bits per heavy atom. The summed E-state index contributed by atoms with van der Waals surface area (Å²) in [5.41, 5.74) is -0.584. The molecule has 1 unspecified atom stereocenters. The van der Waals surface area contributed by atoms with Gasteiger partial charge in [-0.2, -0.15) is 0 Å². The minimum Gasteiger partial charge on any atom is -0.472 e. The van der Waals surface area contributed by atoms with Crippen molar-refractivity contribution in [3.63, 3.8) is 0 Å². The highest BCUT2D eigenvalue weighted by molar-refractivity contribution is 7.91. The molecular formula is C35H41N5O8S. The number of aromatic nitrogens is 1. The number of benzene rings is 1. The number of nitrogens with zero attached hydrogens (tertiary/aromatic N) is 2. The number of alkyl carbamates (subject to hydrolysis) is 1. The minimum atomic E-state index is -3.87. The third-order valence-corrected chi connectivity index (χ3v) is 12.2. The first-order chi connectivity index (χ1) is 23.6. The molecule has 1 aromatic carbocycles. The number of rotatable bonds is 7. The SMILES string of the molecule is C=C[C@@H]1CC1(NC(=O)[C@@H]1C[C@@H]2CN1C(=O)[C@@H](C1CCC1)NC(=O)OCCC/C=C/c1ccc3ccnc(c3c1)O2)C(=O)NS(=O)(=O)C1CC1. The Hall–Kier alpha value is -4.46. The number of carbonyl (C=O) groups excluding carboxylic acids is 4. The van der Waals surface area contributed by atoms with Crippen molar-refractivity contribution in [2.24, 2.45) is 11.8 Å². The summed E-state index contributed by atoms with van der Waals surface area (Å²) in [7, 11) is -3.87. The number of nitrogens with one attached hydrogen (secondary N) is 3. The van der Waals surface area contributed by atoms with E-state index in [1.807, 2.05) is 36.4 Å². The van der Waals surface area contributed by atoms with Crippen LogP contribution in [0.25, 0.3) is 16.8 Å². The Balaban J connectivity index is 1.20. The van der Waals surface area contributed by atoms with Crippen molar-refractivity contribution in [2.75, 3.05) is 13.2 Å². The van der Waals surface area contributed by atoms with Crippen LogP contribution in [0.15, 0.2) is 49.2 Å². The highest BCUT2D eigenvalue weighted by atomic mass is 32.2. The maximum Gasteiger partial charge on any atom is 0.407 e. The standard InChI is InChI=1S/C35H41N5O8S/c1-2-24-19-35(24,33(43)39-49(45,46)26-12-13-26)38-30(41)28-18-25-20-40(28)32(42)29(23-8-6-9-23)37-34(44)47-16-5-3-4-7-21-10-11-22-14-15-36-31(48-25)27(22)17-21/h2,4,7,10-11,14-15,17,23-26,28-29H,1,3,5-6,8-9,12-13,16,18-20H2,(H,37,44)(H,38,41)(H,39,43)/b7-4+/t24-,25-,28+,29-,35?/m1/s1. The van der Waals surface area contributed by atoms with Crippen LogP contribution in [0.1, 0.15) is 63.4 Å². The number of cyclic esters (lactones) is 1. The molecule has 2 aliphatic heterocycles. The summed E-state index contributed by atoms with van der Waals surface area (Å²) >= 11 is 0. The largest absolute Gasteiger partial charge is 0.472 e. The summed E-state index contributed by atoms with van der Waals surface area (Å²) in [5.74, 6) is -2.15. The molecule has 0 spiro atoms. The number of fused-ring (bicyclic) bond motifs is 3. The van der Waals surface area contributed by atoms with Crippen molar-refractivity contribution in [3.8, 4) is 5.88 Å². The third kappa shape index (κ3) is 6.75. The first-order valence-electron chi connectivity index (χ1n) is 17.0. The van der Waals surface area contributed by atoms with Crippen molar-refractivity contribution in [3.05, 3.63) is 54.8 Å². The zero-order valence-corrected chi connectivity index (χ0v) is 28.0. The van der Waals surface area contributed by atoms with Crippen molar-refractivity contribution in [2.45, 2.75) is 86.8 Å². The topological polar surface area (TPSA) is 173 Å². The molecule has 14 heteroatoms. The monoisotopic (exact) mass is 691 g/mol. The van der Waals surface area contributed by atoms with E-state index < -0.39 is 68.7 Å². The summed E-state index contributed by atoms with van der Waals surface area (Å²) < 4.78 is 39.3. The van der Waals surface area contributed by atoms with Gasteiger partial charge < -0.3 is 25.0 Å². The van der Waals surface area contributed by atoms with Gasteiger partial charge in [0.2, 0.25) is 27.7 Å². The number of hydrogen-bond acceptors (Lipinski definition) is 9. The summed E-state index contributed by atoms with van der Waals surface area (Å²) in [6.45, 7) is 3.96. The van der Waals surface area contributed by atoms with E-state index in [2.05, 4.69) is 26.9 Å². The molecular weight excluding hydrogens is 650 g/mol. The van der Waals surface area contributed by atoms with Gasteiger partial charge in [0, 0.05) is 23.9 Å². The van der Waals surface area contributed by atoms with Crippen molar-refractivity contribution >= 4 is 50.7 Å². The van der Waals surface area contributed by atoms with Crippen LogP contribution >= 0.6 is 0 Å². The summed E-state index contributed by atoms with van der Waals surface area (Å²) in [6, 6.07) is 5.80. The van der Waals surface area contributed by atoms with E-state index in [0.717, 1.165) is 35.6 Å². The first kappa shape index (κ1) is 33.1. The lowest BCUT2D eigenvalue weighted by atomic mass is 9.79. The van der Waals surface area contributed by atoms with Crippen molar-refractivity contribution in [1.82, 2.24) is 25.2 Å². The number of sulfonamides is 1. The molecule has 1 aromatic heterocycles. The number of carbonyl (C=O) groups is 4. The molecule has 5 aliphatic rings. The second kappa shape index (κ2) is 13.1. The number of ether oxygens (including phenoxy) is 2. The molecule has 13 nitrogen and oxygen atoms in total. The molecule has 2 aromatic rings. The van der Waals surface area contributed by atoms with Crippen molar-refractivity contribution in [1.29, 1.82) is 0 Å². The highest BCUT2D eigenvalue weighted by Gasteiger charge is 2.62. The van der Waals surface area contributed by atoms with Gasteiger partial charge in [-0.05, 0) is 73.9 Å². The van der Waals surface area contributed by atoms with Gasteiger partial charge in [0.25, 0.3) is 5.91 Å². The van der Waals surface area contributed by atoms with Gasteiger partial charge in [0.15, 0.2) is 0 Å². The maximum absolute atomic E-state index is 14.3. The van der Waals surface area contributed by atoms with E-state index in [0.29, 0.717) is 31.6 Å². The normalized spacial score (nSPS) is 29.8. The average Bonchev–Trinajstić information content (AvgIpc) is 3.98. The Bertz CT molecular complexity index is 1820. The van der Waals surface area contributed by atoms with Gasteiger partial charge in [-0.3, -0.25) is 19.1 Å². The molecule has 3 N–H and O–H groups in total. The quantitative estimate of drug-likeness (QED) is 0.369. The second-order valence-electron chi connectivity index (χ2n) is 13.8. The van der Waals surface area contributed by atoms with Gasteiger partial charge >= 0.3 is 6.09 Å². The van der Waals surface area contributed by atoms with Gasteiger partial charge in [-0.25, -0.2) is 18.2 Å². The van der Waals surface area contributed by atoms with Gasteiger partial charge in [0.05, 0.1) is 18.4 Å². The van der Waals surface area contributed by atoms with E-state index in [9.17, 15) is 27.6 Å². The van der Waals surface area contributed by atoms with Crippen LogP contribution in [-0.4, -0.2) is 84.2 Å². The van der Waals surface area contributed by atoms with Crippen LogP contribution < -0.4 is 20.1 Å². The number of pyridine rings is 1. The van der Waals surface area contributed by atoms with E-state index in [1.165, 1.54) is 11.0 Å². The van der Waals surface area contributed by atoms with E-state index >= 15 is 0 Å².